The summed E-state index contributed by atoms with van der Waals surface area (Å²) in [6, 6.07) is 11.0. The van der Waals surface area contributed by atoms with E-state index in [0.29, 0.717) is 23.3 Å². The van der Waals surface area contributed by atoms with E-state index in [9.17, 15) is 10.2 Å². The van der Waals surface area contributed by atoms with Gasteiger partial charge in [0, 0.05) is 24.0 Å². The number of ether oxygens (including phenoxy) is 2. The van der Waals surface area contributed by atoms with E-state index in [2.05, 4.69) is 0 Å². The zero-order chi connectivity index (χ0) is 15.1. The van der Waals surface area contributed by atoms with Crippen LogP contribution in [0.5, 0.6) is 11.5 Å². The summed E-state index contributed by atoms with van der Waals surface area (Å²) in [6.45, 7) is 1.61. The molecule has 114 valence electrons. The average molecular weight is 298 g/mol. The molecule has 2 N–H and O–H groups in total. The molecular formula is C18H18O4. The largest absolute Gasteiger partial charge is 0.507 e. The molecule has 0 spiro atoms. The number of benzene rings is 2. The Labute approximate surface area is 128 Å². The van der Waals surface area contributed by atoms with Crippen LogP contribution in [0.25, 0.3) is 11.1 Å². The molecule has 2 atom stereocenters. The maximum atomic E-state index is 10.2. The molecule has 0 aromatic heterocycles. The molecular weight excluding hydrogens is 280 g/mol. The molecule has 0 aliphatic carbocycles. The Morgan fingerprint density at radius 2 is 1.18 bits per heavy atom. The average Bonchev–Trinajstić information content (AvgIpc) is 3.40. The number of rotatable bonds is 5. The monoisotopic (exact) mass is 298 g/mol. The summed E-state index contributed by atoms with van der Waals surface area (Å²) in [5.41, 5.74) is 3.53. The van der Waals surface area contributed by atoms with E-state index in [1.165, 1.54) is 0 Å². The van der Waals surface area contributed by atoms with Crippen LogP contribution in [0.4, 0.5) is 0 Å². The van der Waals surface area contributed by atoms with Crippen molar-refractivity contribution in [3.63, 3.8) is 0 Å². The minimum Gasteiger partial charge on any atom is -0.507 e. The molecule has 0 bridgehead atoms. The molecule has 0 saturated carbocycles. The van der Waals surface area contributed by atoms with Gasteiger partial charge in [-0.05, 0) is 35.4 Å². The predicted molar refractivity (Wildman–Crippen MR) is 82.1 cm³/mol. The summed E-state index contributed by atoms with van der Waals surface area (Å²) >= 11 is 0. The summed E-state index contributed by atoms with van der Waals surface area (Å²) < 4.78 is 10.5. The lowest BCUT2D eigenvalue weighted by atomic mass is 9.96. The van der Waals surface area contributed by atoms with E-state index in [1.54, 1.807) is 12.1 Å². The topological polar surface area (TPSA) is 65.5 Å². The Bertz CT molecular complexity index is 641. The molecule has 4 heteroatoms. The van der Waals surface area contributed by atoms with E-state index in [0.717, 1.165) is 37.2 Å². The van der Waals surface area contributed by atoms with Gasteiger partial charge in [-0.1, -0.05) is 12.1 Å². The Hall–Kier alpha value is -2.04. The van der Waals surface area contributed by atoms with Gasteiger partial charge in [-0.3, -0.25) is 0 Å². The van der Waals surface area contributed by atoms with Crippen molar-refractivity contribution >= 4 is 0 Å². The first-order chi connectivity index (χ1) is 10.7. The molecule has 22 heavy (non-hydrogen) atoms. The van der Waals surface area contributed by atoms with Gasteiger partial charge in [0.05, 0.1) is 25.4 Å². The number of aromatic hydroxyl groups is 2. The quantitative estimate of drug-likeness (QED) is 0.833. The molecule has 0 amide bonds. The van der Waals surface area contributed by atoms with Gasteiger partial charge in [0.1, 0.15) is 11.5 Å². The minimum absolute atomic E-state index is 0.176. The maximum absolute atomic E-state index is 10.2. The van der Waals surface area contributed by atoms with Gasteiger partial charge in [-0.15, -0.1) is 0 Å². The van der Waals surface area contributed by atoms with Gasteiger partial charge in [-0.25, -0.2) is 0 Å². The fourth-order valence-corrected chi connectivity index (χ4v) is 2.75. The molecule has 0 radical (unpaired) electrons. The second kappa shape index (κ2) is 5.30. The normalized spacial score (nSPS) is 22.5. The van der Waals surface area contributed by atoms with Crippen LogP contribution in [-0.4, -0.2) is 35.6 Å². The van der Waals surface area contributed by atoms with Crippen molar-refractivity contribution in [3.8, 4) is 22.6 Å². The zero-order valence-corrected chi connectivity index (χ0v) is 12.2. The Kier molecular flexibility index (Phi) is 3.28. The van der Waals surface area contributed by atoms with Gasteiger partial charge in [-0.2, -0.15) is 0 Å². The molecule has 4 rings (SSSR count). The highest BCUT2D eigenvalue weighted by Crippen LogP contribution is 2.37. The van der Waals surface area contributed by atoms with Gasteiger partial charge in [0.15, 0.2) is 0 Å². The number of hydrogen-bond acceptors (Lipinski definition) is 4. The summed E-state index contributed by atoms with van der Waals surface area (Å²) in [5, 5.41) is 20.4. The fourth-order valence-electron chi connectivity index (χ4n) is 2.75. The Balaban J connectivity index is 1.69. The highest BCUT2D eigenvalue weighted by Gasteiger charge is 2.24. The number of hydrogen-bond donors (Lipinski definition) is 2. The fraction of sp³-hybridized carbons (Fsp3) is 0.333. The smallest absolute Gasteiger partial charge is 0.123 e. The Morgan fingerprint density at radius 3 is 1.55 bits per heavy atom. The minimum atomic E-state index is 0.176. The molecule has 2 saturated heterocycles. The third-order valence-corrected chi connectivity index (χ3v) is 4.14. The van der Waals surface area contributed by atoms with E-state index in [4.69, 9.17) is 9.47 Å². The molecule has 2 aliphatic rings. The van der Waals surface area contributed by atoms with Gasteiger partial charge >= 0.3 is 0 Å². The van der Waals surface area contributed by atoms with Gasteiger partial charge < -0.3 is 19.7 Å². The van der Waals surface area contributed by atoms with E-state index in [-0.39, 0.29) is 11.5 Å². The highest BCUT2D eigenvalue weighted by molar-refractivity contribution is 5.76. The second-order valence-electron chi connectivity index (χ2n) is 6.02. The number of phenols is 2. The van der Waals surface area contributed by atoms with Crippen molar-refractivity contribution in [1.29, 1.82) is 0 Å². The van der Waals surface area contributed by atoms with Gasteiger partial charge in [0.2, 0.25) is 0 Å². The van der Waals surface area contributed by atoms with Crippen molar-refractivity contribution in [2.75, 3.05) is 13.2 Å². The van der Waals surface area contributed by atoms with Crippen molar-refractivity contribution < 1.29 is 19.7 Å². The second-order valence-corrected chi connectivity index (χ2v) is 6.02. The van der Waals surface area contributed by atoms with Crippen molar-refractivity contribution in [1.82, 2.24) is 0 Å². The number of phenolic OH excluding ortho intramolecular Hbond substituents is 2. The molecule has 2 aromatic carbocycles. The van der Waals surface area contributed by atoms with Crippen LogP contribution in [-0.2, 0) is 22.3 Å². The zero-order valence-electron chi connectivity index (χ0n) is 12.2. The molecule has 2 fully saturated rings. The lowest BCUT2D eigenvalue weighted by Gasteiger charge is -2.11. The number of epoxide rings is 2. The van der Waals surface area contributed by atoms with Crippen LogP contribution in [0.2, 0.25) is 0 Å². The third-order valence-electron chi connectivity index (χ3n) is 4.14. The summed E-state index contributed by atoms with van der Waals surface area (Å²) in [5.74, 6) is 0.353. The van der Waals surface area contributed by atoms with E-state index in [1.807, 2.05) is 24.3 Å². The van der Waals surface area contributed by atoms with Crippen LogP contribution >= 0.6 is 0 Å². The first kappa shape index (κ1) is 13.6. The summed E-state index contributed by atoms with van der Waals surface area (Å²) in [6.07, 6.45) is 2.27. The van der Waals surface area contributed by atoms with Gasteiger partial charge in [0.25, 0.3) is 0 Å². The third kappa shape index (κ3) is 2.93. The Morgan fingerprint density at radius 1 is 0.773 bits per heavy atom. The SMILES string of the molecule is Oc1ccc(CC2CO2)cc1-c1cc(CC2CO2)ccc1O. The van der Waals surface area contributed by atoms with Crippen LogP contribution < -0.4 is 0 Å². The first-order valence-corrected chi connectivity index (χ1v) is 7.56. The maximum Gasteiger partial charge on any atom is 0.123 e. The highest BCUT2D eigenvalue weighted by atomic mass is 16.6. The lowest BCUT2D eigenvalue weighted by molar-refractivity contribution is 0.407. The van der Waals surface area contributed by atoms with Crippen molar-refractivity contribution in [2.45, 2.75) is 25.0 Å². The van der Waals surface area contributed by atoms with Crippen LogP contribution in [0.1, 0.15) is 11.1 Å². The summed E-state index contributed by atoms with van der Waals surface area (Å²) in [4.78, 5) is 0. The van der Waals surface area contributed by atoms with Crippen LogP contribution in [0.3, 0.4) is 0 Å². The van der Waals surface area contributed by atoms with Crippen LogP contribution in [0, 0.1) is 0 Å². The molecule has 4 nitrogen and oxygen atoms in total. The summed E-state index contributed by atoms with van der Waals surface area (Å²) in [7, 11) is 0. The first-order valence-electron chi connectivity index (χ1n) is 7.56. The molecule has 2 unspecified atom stereocenters. The van der Waals surface area contributed by atoms with E-state index >= 15 is 0 Å². The van der Waals surface area contributed by atoms with Crippen molar-refractivity contribution in [3.05, 3.63) is 47.5 Å². The molecule has 2 heterocycles. The van der Waals surface area contributed by atoms with E-state index < -0.39 is 0 Å². The standard InChI is InChI=1S/C18H18O4/c19-17-3-1-11(5-13-9-21-13)7-15(17)16-8-12(2-4-18(16)20)6-14-10-22-14/h1-4,7-8,13-14,19-20H,5-6,9-10H2. The molecule has 2 aliphatic heterocycles. The van der Waals surface area contributed by atoms with Crippen molar-refractivity contribution in [2.24, 2.45) is 0 Å². The van der Waals surface area contributed by atoms with Crippen LogP contribution in [0.15, 0.2) is 36.4 Å². The molecule has 2 aromatic rings. The lowest BCUT2D eigenvalue weighted by Crippen LogP contribution is -1.95. The predicted octanol–water partition coefficient (Wildman–Crippen LogP) is 2.65.